The van der Waals surface area contributed by atoms with Gasteiger partial charge in [-0.3, -0.25) is 4.98 Å². The first-order chi connectivity index (χ1) is 10.1. The largest absolute Gasteiger partial charge is 0.491 e. The van der Waals surface area contributed by atoms with Crippen molar-refractivity contribution in [3.05, 3.63) is 58.3 Å². The SMILES string of the molecule is Cc1cccc(CNCC(O)COc2cccc(Br)c2)n1. The molecule has 4 nitrogen and oxygen atoms in total. The maximum Gasteiger partial charge on any atom is 0.120 e. The summed E-state index contributed by atoms with van der Waals surface area (Å²) in [5.74, 6) is 0.740. The molecule has 0 amide bonds. The van der Waals surface area contributed by atoms with Gasteiger partial charge in [-0.15, -0.1) is 0 Å². The van der Waals surface area contributed by atoms with Crippen LogP contribution in [0.5, 0.6) is 5.75 Å². The number of aliphatic hydroxyl groups is 1. The summed E-state index contributed by atoms with van der Waals surface area (Å²) in [7, 11) is 0. The second kappa shape index (κ2) is 8.12. The van der Waals surface area contributed by atoms with E-state index in [0.29, 0.717) is 13.1 Å². The number of rotatable bonds is 7. The molecule has 1 atom stereocenters. The number of nitrogens with zero attached hydrogens (tertiary/aromatic N) is 1. The molecule has 5 heteroatoms. The fourth-order valence-corrected chi connectivity index (χ4v) is 2.25. The van der Waals surface area contributed by atoms with Crippen molar-refractivity contribution in [2.75, 3.05) is 13.2 Å². The Morgan fingerprint density at radius 3 is 2.86 bits per heavy atom. The van der Waals surface area contributed by atoms with E-state index in [1.165, 1.54) is 0 Å². The highest BCUT2D eigenvalue weighted by molar-refractivity contribution is 9.10. The van der Waals surface area contributed by atoms with Gasteiger partial charge in [-0.1, -0.05) is 28.1 Å². The first-order valence-corrected chi connectivity index (χ1v) is 7.62. The molecule has 0 saturated carbocycles. The predicted molar refractivity (Wildman–Crippen MR) is 86.3 cm³/mol. The number of aliphatic hydroxyl groups excluding tert-OH is 1. The third-order valence-corrected chi connectivity index (χ3v) is 3.36. The van der Waals surface area contributed by atoms with Crippen LogP contribution >= 0.6 is 15.9 Å². The van der Waals surface area contributed by atoms with E-state index in [4.69, 9.17) is 4.74 Å². The smallest absolute Gasteiger partial charge is 0.120 e. The van der Waals surface area contributed by atoms with Crippen LogP contribution in [0.15, 0.2) is 46.9 Å². The van der Waals surface area contributed by atoms with Crippen molar-refractivity contribution in [2.24, 2.45) is 0 Å². The number of benzene rings is 1. The third-order valence-electron chi connectivity index (χ3n) is 2.87. The van der Waals surface area contributed by atoms with Gasteiger partial charge in [-0.25, -0.2) is 0 Å². The van der Waals surface area contributed by atoms with E-state index in [0.717, 1.165) is 21.6 Å². The molecule has 0 aliphatic heterocycles. The Balaban J connectivity index is 1.69. The van der Waals surface area contributed by atoms with E-state index < -0.39 is 6.10 Å². The van der Waals surface area contributed by atoms with Crippen molar-refractivity contribution >= 4 is 15.9 Å². The molecule has 0 aliphatic rings. The summed E-state index contributed by atoms with van der Waals surface area (Å²) < 4.78 is 6.49. The lowest BCUT2D eigenvalue weighted by molar-refractivity contribution is 0.106. The fraction of sp³-hybridized carbons (Fsp3) is 0.312. The zero-order valence-corrected chi connectivity index (χ0v) is 13.5. The lowest BCUT2D eigenvalue weighted by atomic mass is 10.3. The molecule has 1 heterocycles. The number of pyridine rings is 1. The van der Waals surface area contributed by atoms with Crippen LogP contribution in [-0.2, 0) is 6.54 Å². The molecule has 0 aliphatic carbocycles. The Bertz CT molecular complexity index is 578. The van der Waals surface area contributed by atoms with Crippen LogP contribution in [0.1, 0.15) is 11.4 Å². The maximum absolute atomic E-state index is 9.89. The third kappa shape index (κ3) is 5.83. The number of hydrogen-bond donors (Lipinski definition) is 2. The van der Waals surface area contributed by atoms with Gasteiger partial charge in [0.25, 0.3) is 0 Å². The Morgan fingerprint density at radius 1 is 1.29 bits per heavy atom. The van der Waals surface area contributed by atoms with Gasteiger partial charge in [0.1, 0.15) is 18.5 Å². The monoisotopic (exact) mass is 350 g/mol. The molecule has 21 heavy (non-hydrogen) atoms. The van der Waals surface area contributed by atoms with E-state index in [2.05, 4.69) is 26.2 Å². The Morgan fingerprint density at radius 2 is 2.10 bits per heavy atom. The number of nitrogens with one attached hydrogen (secondary N) is 1. The molecule has 2 rings (SSSR count). The summed E-state index contributed by atoms with van der Waals surface area (Å²) in [5, 5.41) is 13.1. The van der Waals surface area contributed by atoms with E-state index in [1.807, 2.05) is 49.4 Å². The minimum atomic E-state index is -0.561. The van der Waals surface area contributed by atoms with Crippen molar-refractivity contribution in [1.29, 1.82) is 0 Å². The second-order valence-corrected chi connectivity index (χ2v) is 5.74. The number of hydrogen-bond acceptors (Lipinski definition) is 4. The van der Waals surface area contributed by atoms with Crippen molar-refractivity contribution in [1.82, 2.24) is 10.3 Å². The minimum Gasteiger partial charge on any atom is -0.491 e. The van der Waals surface area contributed by atoms with Crippen molar-refractivity contribution in [2.45, 2.75) is 19.6 Å². The molecule has 0 radical (unpaired) electrons. The molecule has 0 saturated heterocycles. The van der Waals surface area contributed by atoms with E-state index in [-0.39, 0.29) is 6.61 Å². The summed E-state index contributed by atoms with van der Waals surface area (Å²) in [6.07, 6.45) is -0.561. The lowest BCUT2D eigenvalue weighted by Crippen LogP contribution is -2.31. The van der Waals surface area contributed by atoms with Gasteiger partial charge >= 0.3 is 0 Å². The van der Waals surface area contributed by atoms with Crippen molar-refractivity contribution in [3.8, 4) is 5.75 Å². The van der Waals surface area contributed by atoms with Crippen molar-refractivity contribution in [3.63, 3.8) is 0 Å². The van der Waals surface area contributed by atoms with Crippen LogP contribution in [0.2, 0.25) is 0 Å². The van der Waals surface area contributed by atoms with Gasteiger partial charge in [-0.2, -0.15) is 0 Å². The van der Waals surface area contributed by atoms with Gasteiger partial charge in [0, 0.05) is 23.3 Å². The Hall–Kier alpha value is -1.43. The van der Waals surface area contributed by atoms with Crippen LogP contribution in [-0.4, -0.2) is 29.3 Å². The summed E-state index contributed by atoms with van der Waals surface area (Å²) in [5.41, 5.74) is 1.96. The summed E-state index contributed by atoms with van der Waals surface area (Å²) >= 11 is 3.38. The van der Waals surface area contributed by atoms with Crippen molar-refractivity contribution < 1.29 is 9.84 Å². The molecule has 112 valence electrons. The quantitative estimate of drug-likeness (QED) is 0.805. The normalized spacial score (nSPS) is 12.1. The highest BCUT2D eigenvalue weighted by Crippen LogP contribution is 2.17. The molecule has 1 aromatic carbocycles. The minimum absolute atomic E-state index is 0.255. The van der Waals surface area contributed by atoms with Gasteiger partial charge in [-0.05, 0) is 37.3 Å². The molecular weight excluding hydrogens is 332 g/mol. The molecular formula is C16H19BrN2O2. The van der Waals surface area contributed by atoms with Gasteiger partial charge in [0.05, 0.1) is 5.69 Å². The van der Waals surface area contributed by atoms with Crippen LogP contribution in [0.4, 0.5) is 0 Å². The summed E-state index contributed by atoms with van der Waals surface area (Å²) in [6.45, 7) is 3.31. The maximum atomic E-state index is 9.89. The molecule has 0 spiro atoms. The summed E-state index contributed by atoms with van der Waals surface area (Å²) in [6, 6.07) is 13.5. The molecule has 2 N–H and O–H groups in total. The van der Waals surface area contributed by atoms with Gasteiger partial charge < -0.3 is 15.2 Å². The van der Waals surface area contributed by atoms with Crippen LogP contribution in [0, 0.1) is 6.92 Å². The highest BCUT2D eigenvalue weighted by Gasteiger charge is 2.05. The molecule has 2 aromatic rings. The zero-order chi connectivity index (χ0) is 15.1. The average molecular weight is 351 g/mol. The van der Waals surface area contributed by atoms with Crippen LogP contribution < -0.4 is 10.1 Å². The van der Waals surface area contributed by atoms with Gasteiger partial charge in [0.15, 0.2) is 0 Å². The standard InChI is InChI=1S/C16H19BrN2O2/c1-12-4-2-6-14(19-12)9-18-10-15(20)11-21-16-7-3-5-13(17)8-16/h2-8,15,18,20H,9-11H2,1H3. The molecule has 0 bridgehead atoms. The summed E-state index contributed by atoms with van der Waals surface area (Å²) in [4.78, 5) is 4.39. The van der Waals surface area contributed by atoms with Crippen LogP contribution in [0.3, 0.4) is 0 Å². The topological polar surface area (TPSA) is 54.4 Å². The van der Waals surface area contributed by atoms with Gasteiger partial charge in [0.2, 0.25) is 0 Å². The number of ether oxygens (including phenoxy) is 1. The fourth-order valence-electron chi connectivity index (χ4n) is 1.87. The Kier molecular flexibility index (Phi) is 6.17. The van der Waals surface area contributed by atoms with Crippen LogP contribution in [0.25, 0.3) is 0 Å². The van der Waals surface area contributed by atoms with E-state index >= 15 is 0 Å². The molecule has 1 aromatic heterocycles. The highest BCUT2D eigenvalue weighted by atomic mass is 79.9. The van der Waals surface area contributed by atoms with E-state index in [1.54, 1.807) is 0 Å². The first kappa shape index (κ1) is 15.9. The molecule has 1 unspecified atom stereocenters. The first-order valence-electron chi connectivity index (χ1n) is 6.83. The van der Waals surface area contributed by atoms with E-state index in [9.17, 15) is 5.11 Å². The Labute approximate surface area is 133 Å². The zero-order valence-electron chi connectivity index (χ0n) is 11.9. The number of aromatic nitrogens is 1. The predicted octanol–water partition coefficient (Wildman–Crippen LogP) is 2.68. The number of halogens is 1. The lowest BCUT2D eigenvalue weighted by Gasteiger charge is -2.13. The average Bonchev–Trinajstić information content (AvgIpc) is 2.45. The number of aryl methyl sites for hydroxylation is 1. The second-order valence-electron chi connectivity index (χ2n) is 4.82. The molecule has 0 fully saturated rings.